The second-order valence-corrected chi connectivity index (χ2v) is 14.4. The first kappa shape index (κ1) is 35.9. The molecule has 1 spiro atoms. The van der Waals surface area contributed by atoms with Crippen molar-refractivity contribution in [2.24, 2.45) is 11.1 Å². The molecule has 1 aromatic heterocycles. The van der Waals surface area contributed by atoms with E-state index in [0.717, 1.165) is 6.07 Å². The van der Waals surface area contributed by atoms with Crippen LogP contribution in [0.25, 0.3) is 11.5 Å². The summed E-state index contributed by atoms with van der Waals surface area (Å²) in [5.41, 5.74) is 5.91. The standard InChI is InChI=1S/C25H22ClF3N4O4S.C3H2F6O/c26-15-3-1-13(2-4-15)9-33-19-5-16(17(27)6-20(19)38(35,36)10-18(30)23(33)34)22-32-31-21(37-22)14-7-24(8-14)11-25(28,29)12-24;4-2(5,6)1(10)3(7,8)9/h1-6,14,18H,7-12,30H2;1,10H/t18-;/m0./s1. The van der Waals surface area contributed by atoms with E-state index in [1.54, 1.807) is 24.3 Å². The smallest absolute Gasteiger partial charge is 0.420 e. The Morgan fingerprint density at radius 1 is 1.04 bits per heavy atom. The molecule has 9 nitrogen and oxygen atoms in total. The fourth-order valence-electron chi connectivity index (χ4n) is 6.01. The molecule has 2 fully saturated rings. The summed E-state index contributed by atoms with van der Waals surface area (Å²) in [5.74, 6) is -5.10. The highest BCUT2D eigenvalue weighted by atomic mass is 35.5. The Labute approximate surface area is 270 Å². The van der Waals surface area contributed by atoms with Gasteiger partial charge in [-0.15, -0.1) is 10.2 Å². The molecule has 2 saturated carbocycles. The molecule has 0 unspecified atom stereocenters. The maximum atomic E-state index is 15.3. The summed E-state index contributed by atoms with van der Waals surface area (Å²) < 4.78 is 140. The molecular formula is C28H24ClF9N4O5S. The van der Waals surface area contributed by atoms with Crippen LogP contribution in [-0.2, 0) is 21.2 Å². The minimum Gasteiger partial charge on any atom is -0.420 e. The van der Waals surface area contributed by atoms with Crippen molar-refractivity contribution in [2.75, 3.05) is 10.7 Å². The molecule has 1 aliphatic heterocycles. The first-order chi connectivity index (χ1) is 22.0. The second kappa shape index (κ2) is 12.2. The lowest BCUT2D eigenvalue weighted by molar-refractivity contribution is -0.308. The summed E-state index contributed by atoms with van der Waals surface area (Å²) in [6.07, 6.45) is -14.8. The lowest BCUT2D eigenvalue weighted by Crippen LogP contribution is -2.52. The van der Waals surface area contributed by atoms with Gasteiger partial charge in [0.05, 0.1) is 34.5 Å². The molecule has 3 aromatic rings. The number of carbonyl (C=O) groups is 1. The number of sulfone groups is 1. The molecule has 2 heterocycles. The Morgan fingerprint density at radius 2 is 1.62 bits per heavy atom. The number of nitrogens with zero attached hydrogens (tertiary/aromatic N) is 3. The molecule has 262 valence electrons. The van der Waals surface area contributed by atoms with E-state index >= 15 is 4.39 Å². The quantitative estimate of drug-likeness (QED) is 0.314. The van der Waals surface area contributed by atoms with Crippen LogP contribution < -0.4 is 10.6 Å². The Bertz CT molecular complexity index is 1790. The summed E-state index contributed by atoms with van der Waals surface area (Å²) >= 11 is 5.96. The third-order valence-corrected chi connectivity index (χ3v) is 10.2. The van der Waals surface area contributed by atoms with Crippen LogP contribution in [0.5, 0.6) is 0 Å². The SMILES string of the molecule is N[C@H]1CS(=O)(=O)c2cc(F)c(-c3nnc(C4CC5(C4)CC(F)(F)C5)o3)cc2N(Cc2ccc(Cl)cc2)C1=O.OC(C(F)(F)F)C(F)(F)F. The van der Waals surface area contributed by atoms with Gasteiger partial charge in [-0.05, 0) is 48.1 Å². The minimum absolute atomic E-state index is 0.0405. The highest BCUT2D eigenvalue weighted by molar-refractivity contribution is 7.91. The number of aromatic nitrogens is 2. The van der Waals surface area contributed by atoms with E-state index in [-0.39, 0.29) is 53.2 Å². The van der Waals surface area contributed by atoms with Gasteiger partial charge in [0.15, 0.2) is 9.84 Å². The summed E-state index contributed by atoms with van der Waals surface area (Å²) in [4.78, 5) is 14.0. The van der Waals surface area contributed by atoms with Crippen LogP contribution in [0.15, 0.2) is 45.7 Å². The van der Waals surface area contributed by atoms with Crippen molar-refractivity contribution in [2.45, 2.75) is 73.5 Å². The molecule has 1 amide bonds. The fourth-order valence-corrected chi connectivity index (χ4v) is 7.70. The van der Waals surface area contributed by atoms with Gasteiger partial charge in [0, 0.05) is 23.8 Å². The van der Waals surface area contributed by atoms with E-state index in [1.807, 2.05) is 0 Å². The van der Waals surface area contributed by atoms with Crippen LogP contribution in [0.3, 0.4) is 0 Å². The topological polar surface area (TPSA) is 140 Å². The Morgan fingerprint density at radius 3 is 2.15 bits per heavy atom. The van der Waals surface area contributed by atoms with Crippen LogP contribution in [0.4, 0.5) is 45.2 Å². The molecule has 2 aliphatic carbocycles. The number of aliphatic hydroxyl groups is 1. The number of benzene rings is 2. The summed E-state index contributed by atoms with van der Waals surface area (Å²) in [6.45, 7) is -0.0405. The van der Waals surface area contributed by atoms with Gasteiger partial charge in [-0.1, -0.05) is 23.7 Å². The molecule has 2 aromatic carbocycles. The van der Waals surface area contributed by atoms with Gasteiger partial charge in [0.1, 0.15) is 5.82 Å². The average molecular weight is 735 g/mol. The van der Waals surface area contributed by atoms with Crippen LogP contribution in [-0.4, -0.2) is 65.8 Å². The monoisotopic (exact) mass is 734 g/mol. The molecule has 0 saturated heterocycles. The van der Waals surface area contributed by atoms with Crippen molar-refractivity contribution in [1.82, 2.24) is 10.2 Å². The van der Waals surface area contributed by atoms with Crippen LogP contribution in [0.1, 0.15) is 43.1 Å². The maximum absolute atomic E-state index is 15.3. The van der Waals surface area contributed by atoms with Crippen LogP contribution in [0.2, 0.25) is 5.02 Å². The van der Waals surface area contributed by atoms with E-state index in [9.17, 15) is 48.3 Å². The maximum Gasteiger partial charge on any atom is 0.423 e. The average Bonchev–Trinajstić information content (AvgIpc) is 3.40. The Balaban J connectivity index is 0.000000393. The summed E-state index contributed by atoms with van der Waals surface area (Å²) in [5, 5.41) is 15.9. The Hall–Kier alpha value is -3.42. The van der Waals surface area contributed by atoms with Crippen LogP contribution >= 0.6 is 11.6 Å². The number of fused-ring (bicyclic) bond motifs is 1. The largest absolute Gasteiger partial charge is 0.423 e. The van der Waals surface area contributed by atoms with Gasteiger partial charge in [0.2, 0.25) is 23.8 Å². The highest BCUT2D eigenvalue weighted by Crippen LogP contribution is 2.66. The van der Waals surface area contributed by atoms with Crippen molar-refractivity contribution in [3.05, 3.63) is 58.7 Å². The number of carbonyl (C=O) groups excluding carboxylic acids is 1. The van der Waals surface area contributed by atoms with E-state index in [4.69, 9.17) is 26.9 Å². The molecule has 0 bridgehead atoms. The summed E-state index contributed by atoms with van der Waals surface area (Å²) in [6, 6.07) is 7.28. The van der Waals surface area contributed by atoms with Gasteiger partial charge < -0.3 is 20.2 Å². The highest BCUT2D eigenvalue weighted by Gasteiger charge is 2.62. The zero-order chi connectivity index (χ0) is 35.6. The molecule has 3 N–H and O–H groups in total. The zero-order valence-electron chi connectivity index (χ0n) is 24.1. The fraction of sp³-hybridized carbons (Fsp3) is 0.464. The number of halogens is 10. The van der Waals surface area contributed by atoms with E-state index in [1.165, 1.54) is 11.0 Å². The van der Waals surface area contributed by atoms with Gasteiger partial charge in [-0.3, -0.25) is 4.79 Å². The third kappa shape index (κ3) is 7.28. The number of hydrogen-bond acceptors (Lipinski definition) is 8. The molecule has 3 aliphatic rings. The van der Waals surface area contributed by atoms with Gasteiger partial charge in [0.25, 0.3) is 5.89 Å². The zero-order valence-corrected chi connectivity index (χ0v) is 25.7. The minimum atomic E-state index is -5.63. The predicted molar refractivity (Wildman–Crippen MR) is 149 cm³/mol. The first-order valence-corrected chi connectivity index (χ1v) is 15.9. The van der Waals surface area contributed by atoms with E-state index in [2.05, 4.69) is 10.2 Å². The number of aliphatic hydroxyl groups excluding tert-OH is 1. The van der Waals surface area contributed by atoms with Gasteiger partial charge >= 0.3 is 12.4 Å². The number of nitrogens with two attached hydrogens (primary N) is 1. The van der Waals surface area contributed by atoms with Crippen molar-refractivity contribution in [3.8, 4) is 11.5 Å². The number of anilines is 1. The van der Waals surface area contributed by atoms with Crippen molar-refractivity contribution in [1.29, 1.82) is 0 Å². The number of hydrogen-bond donors (Lipinski definition) is 2. The number of alkyl halides is 8. The van der Waals surface area contributed by atoms with Crippen LogP contribution in [0, 0.1) is 11.2 Å². The molecule has 6 rings (SSSR count). The van der Waals surface area contributed by atoms with E-state index < -0.39 is 63.2 Å². The predicted octanol–water partition coefficient (Wildman–Crippen LogP) is 5.94. The van der Waals surface area contributed by atoms with Crippen molar-refractivity contribution >= 4 is 33.0 Å². The second-order valence-electron chi connectivity index (χ2n) is 12.0. The van der Waals surface area contributed by atoms with Crippen molar-refractivity contribution in [3.63, 3.8) is 0 Å². The molecule has 48 heavy (non-hydrogen) atoms. The normalized spacial score (nSPS) is 21.6. The van der Waals surface area contributed by atoms with Gasteiger partial charge in [-0.25, -0.2) is 21.6 Å². The Kier molecular flexibility index (Phi) is 9.09. The molecule has 1 atom stereocenters. The molecular weight excluding hydrogens is 711 g/mol. The van der Waals surface area contributed by atoms with Crippen molar-refractivity contribution < 1.29 is 62.2 Å². The van der Waals surface area contributed by atoms with Gasteiger partial charge in [-0.2, -0.15) is 26.3 Å². The third-order valence-electron chi connectivity index (χ3n) is 8.18. The number of rotatable bonds is 4. The van der Waals surface area contributed by atoms with E-state index in [0.29, 0.717) is 23.4 Å². The lowest BCUT2D eigenvalue weighted by Gasteiger charge is -2.56. The summed E-state index contributed by atoms with van der Waals surface area (Å²) in [7, 11) is -4.11. The molecule has 20 heteroatoms. The lowest BCUT2D eigenvalue weighted by atomic mass is 9.50. The molecule has 0 radical (unpaired) electrons. The number of amides is 1. The first-order valence-electron chi connectivity index (χ1n) is 13.9.